The Morgan fingerprint density at radius 2 is 2.44 bits per heavy atom. The molecule has 0 aliphatic heterocycles. The molecule has 0 aromatic carbocycles. The average Bonchev–Trinajstić information content (AvgIpc) is 2.14. The molecule has 0 aliphatic rings. The van der Waals surface area contributed by atoms with E-state index in [0.717, 1.165) is 0 Å². The first-order chi connectivity index (χ1) is 3.83. The molecule has 3 N–H and O–H groups in total. The molecule has 0 saturated carbocycles. The Morgan fingerprint density at radius 3 is 2.67 bits per heavy atom. The zero-order valence-electron chi connectivity index (χ0n) is 4.66. The number of nitrogens with two attached hydrogens (primary N) is 1. The largest absolute Gasteiger partial charge is 0.491 e. The van der Waals surface area contributed by atoms with Crippen LogP contribution in [0.1, 0.15) is 5.76 Å². The summed E-state index contributed by atoms with van der Waals surface area (Å²) in [7, 11) is 0. The fraction of sp³-hybridized carbons (Fsp3) is 0.250. The summed E-state index contributed by atoms with van der Waals surface area (Å²) in [5.41, 5.74) is 5.12. The van der Waals surface area contributed by atoms with Gasteiger partial charge in [0.15, 0.2) is 5.76 Å². The number of aromatic nitrogens is 1. The van der Waals surface area contributed by atoms with Crippen molar-refractivity contribution in [3.63, 3.8) is 0 Å². The van der Waals surface area contributed by atoms with Gasteiger partial charge < -0.3 is 15.4 Å². The van der Waals surface area contributed by atoms with Crippen LogP contribution in [0.5, 0.6) is 5.88 Å². The highest BCUT2D eigenvalue weighted by Crippen LogP contribution is 2.06. The third-order valence-electron chi connectivity index (χ3n) is 0.748. The second kappa shape index (κ2) is 3.37. The first-order valence-corrected chi connectivity index (χ1v) is 2.17. The van der Waals surface area contributed by atoms with Crippen LogP contribution in [0.15, 0.2) is 10.6 Å². The molecule has 1 rings (SSSR count). The zero-order valence-corrected chi connectivity index (χ0v) is 5.66. The van der Waals surface area contributed by atoms with Crippen molar-refractivity contribution in [1.82, 2.24) is 5.16 Å². The van der Waals surface area contributed by atoms with Crippen LogP contribution in [0, 0.1) is 0 Å². The monoisotopic (exact) mass is 148 g/mol. The highest BCUT2D eigenvalue weighted by atomic mass is 32.1. The van der Waals surface area contributed by atoms with E-state index in [4.69, 9.17) is 10.8 Å². The fourth-order valence-electron chi connectivity index (χ4n) is 0.398. The van der Waals surface area contributed by atoms with E-state index in [0.29, 0.717) is 5.76 Å². The second-order valence-electron chi connectivity index (χ2n) is 1.36. The van der Waals surface area contributed by atoms with Gasteiger partial charge in [0, 0.05) is 6.07 Å². The molecule has 0 amide bonds. The second-order valence-corrected chi connectivity index (χ2v) is 1.36. The Balaban J connectivity index is 0.000000640. The topological polar surface area (TPSA) is 72.3 Å². The van der Waals surface area contributed by atoms with Crippen LogP contribution in [-0.4, -0.2) is 10.3 Å². The number of nitrogens with zero attached hydrogens (tertiary/aromatic N) is 1. The minimum atomic E-state index is -0.120. The van der Waals surface area contributed by atoms with Gasteiger partial charge in [-0.15, -0.1) is 0 Å². The Labute approximate surface area is 59.1 Å². The van der Waals surface area contributed by atoms with E-state index in [1.807, 2.05) is 0 Å². The molecule has 4 nitrogen and oxygen atoms in total. The van der Waals surface area contributed by atoms with Crippen molar-refractivity contribution in [2.75, 3.05) is 0 Å². The number of aromatic hydroxyl groups is 1. The van der Waals surface area contributed by atoms with Gasteiger partial charge in [0.1, 0.15) is 0 Å². The minimum Gasteiger partial charge on any atom is -0.491 e. The summed E-state index contributed by atoms with van der Waals surface area (Å²) in [5, 5.41) is 11.7. The van der Waals surface area contributed by atoms with Crippen LogP contribution >= 0.6 is 13.5 Å². The first-order valence-electron chi connectivity index (χ1n) is 2.17. The molecule has 0 saturated heterocycles. The molecule has 0 aliphatic carbocycles. The molecule has 0 radical (unpaired) electrons. The number of hydrogen-bond acceptors (Lipinski definition) is 4. The SMILES string of the molecule is NCc1cc(O)no1.S. The molecule has 0 atom stereocenters. The van der Waals surface area contributed by atoms with Gasteiger partial charge in [0.25, 0.3) is 5.88 Å². The Kier molecular flexibility index (Phi) is 3.11. The smallest absolute Gasteiger partial charge is 0.251 e. The molecule has 1 aromatic heterocycles. The predicted molar refractivity (Wildman–Crippen MR) is 36.4 cm³/mol. The van der Waals surface area contributed by atoms with Crippen molar-refractivity contribution in [3.05, 3.63) is 11.8 Å². The maximum atomic E-state index is 8.52. The molecular formula is C4H8N2O2S. The molecule has 9 heavy (non-hydrogen) atoms. The lowest BCUT2D eigenvalue weighted by Crippen LogP contribution is -1.92. The highest BCUT2D eigenvalue weighted by molar-refractivity contribution is 7.59. The summed E-state index contributed by atoms with van der Waals surface area (Å²) < 4.78 is 4.49. The van der Waals surface area contributed by atoms with Gasteiger partial charge in [0.05, 0.1) is 6.54 Å². The van der Waals surface area contributed by atoms with Gasteiger partial charge in [-0.25, -0.2) is 0 Å². The molecule has 52 valence electrons. The van der Waals surface area contributed by atoms with E-state index >= 15 is 0 Å². The van der Waals surface area contributed by atoms with E-state index in [1.165, 1.54) is 6.07 Å². The number of rotatable bonds is 1. The standard InChI is InChI=1S/C4H6N2O2.H2S/c5-2-3-1-4(7)6-8-3;/h1H,2,5H2,(H,6,7);1H2. The molecule has 1 aromatic rings. The molecule has 1 heterocycles. The Morgan fingerprint density at radius 1 is 1.78 bits per heavy atom. The van der Waals surface area contributed by atoms with Gasteiger partial charge >= 0.3 is 0 Å². The van der Waals surface area contributed by atoms with Crippen molar-refractivity contribution >= 4 is 13.5 Å². The van der Waals surface area contributed by atoms with Crippen LogP contribution < -0.4 is 5.73 Å². The first kappa shape index (κ1) is 8.32. The van der Waals surface area contributed by atoms with E-state index < -0.39 is 0 Å². The molecule has 0 spiro atoms. The van der Waals surface area contributed by atoms with Crippen LogP contribution in [0.25, 0.3) is 0 Å². The minimum absolute atomic E-state index is 0. The van der Waals surface area contributed by atoms with Gasteiger partial charge in [0.2, 0.25) is 0 Å². The van der Waals surface area contributed by atoms with E-state index in [1.54, 1.807) is 0 Å². The van der Waals surface area contributed by atoms with Gasteiger partial charge in [-0.2, -0.15) is 13.5 Å². The van der Waals surface area contributed by atoms with Crippen molar-refractivity contribution in [2.24, 2.45) is 5.73 Å². The summed E-state index contributed by atoms with van der Waals surface area (Å²) in [6, 6.07) is 1.38. The van der Waals surface area contributed by atoms with Crippen molar-refractivity contribution in [2.45, 2.75) is 6.54 Å². The normalized spacial score (nSPS) is 8.56. The van der Waals surface area contributed by atoms with Crippen LogP contribution in [-0.2, 0) is 6.54 Å². The summed E-state index contributed by atoms with van der Waals surface area (Å²) in [5.74, 6) is 0.368. The quantitative estimate of drug-likeness (QED) is 0.585. The summed E-state index contributed by atoms with van der Waals surface area (Å²) in [6.07, 6.45) is 0. The molecule has 0 fully saturated rings. The van der Waals surface area contributed by atoms with Gasteiger partial charge in [-0.1, -0.05) is 0 Å². The van der Waals surface area contributed by atoms with Crippen molar-refractivity contribution in [3.8, 4) is 5.88 Å². The third kappa shape index (κ3) is 1.95. The molecule has 0 unspecified atom stereocenters. The molecular weight excluding hydrogens is 140 g/mol. The van der Waals surface area contributed by atoms with Crippen LogP contribution in [0.4, 0.5) is 0 Å². The van der Waals surface area contributed by atoms with Gasteiger partial charge in [-0.05, 0) is 5.16 Å². The molecule has 5 heteroatoms. The van der Waals surface area contributed by atoms with Gasteiger partial charge in [-0.3, -0.25) is 0 Å². The number of hydrogen-bond donors (Lipinski definition) is 2. The van der Waals surface area contributed by atoms with E-state index in [9.17, 15) is 0 Å². The summed E-state index contributed by atoms with van der Waals surface area (Å²) in [4.78, 5) is 0. The van der Waals surface area contributed by atoms with E-state index in [-0.39, 0.29) is 25.9 Å². The third-order valence-corrected chi connectivity index (χ3v) is 0.748. The maximum Gasteiger partial charge on any atom is 0.251 e. The summed E-state index contributed by atoms with van der Waals surface area (Å²) >= 11 is 0. The lowest BCUT2D eigenvalue weighted by Gasteiger charge is -1.76. The molecule has 0 bridgehead atoms. The van der Waals surface area contributed by atoms with E-state index in [2.05, 4.69) is 9.68 Å². The van der Waals surface area contributed by atoms with Crippen molar-refractivity contribution < 1.29 is 9.63 Å². The lowest BCUT2D eigenvalue weighted by molar-refractivity contribution is 0.342. The Bertz CT molecular complexity index is 177. The van der Waals surface area contributed by atoms with Crippen LogP contribution in [0.2, 0.25) is 0 Å². The predicted octanol–water partition coefficient (Wildman–Crippen LogP) is -0.0483. The Hall–Kier alpha value is -0.680. The average molecular weight is 148 g/mol. The summed E-state index contributed by atoms with van der Waals surface area (Å²) in [6.45, 7) is 0.271. The van der Waals surface area contributed by atoms with Crippen molar-refractivity contribution in [1.29, 1.82) is 0 Å². The fourth-order valence-corrected chi connectivity index (χ4v) is 0.398. The lowest BCUT2D eigenvalue weighted by atomic mass is 10.5. The van der Waals surface area contributed by atoms with Crippen LogP contribution in [0.3, 0.4) is 0 Å². The maximum absolute atomic E-state index is 8.52. The zero-order chi connectivity index (χ0) is 5.98. The highest BCUT2D eigenvalue weighted by Gasteiger charge is 1.96.